The van der Waals surface area contributed by atoms with E-state index in [1.165, 1.54) is 11.1 Å². The molecule has 1 saturated heterocycles. The maximum atomic E-state index is 13.4. The van der Waals surface area contributed by atoms with E-state index in [0.717, 1.165) is 5.56 Å². The summed E-state index contributed by atoms with van der Waals surface area (Å²) in [6, 6.07) is 7.10. The molecule has 1 aliphatic heterocycles. The summed E-state index contributed by atoms with van der Waals surface area (Å²) >= 11 is 5.95. The van der Waals surface area contributed by atoms with Crippen molar-refractivity contribution in [3.8, 4) is 0 Å². The van der Waals surface area contributed by atoms with E-state index in [1.807, 2.05) is 13.8 Å². The molecule has 1 aliphatic rings. The number of carbonyl (C=O) groups is 1. The Morgan fingerprint density at radius 1 is 1.10 bits per heavy atom. The fourth-order valence-electron chi connectivity index (χ4n) is 4.33. The molecule has 0 aromatic heterocycles. The summed E-state index contributed by atoms with van der Waals surface area (Å²) in [7, 11) is 0. The Bertz CT molecular complexity index is 1120. The van der Waals surface area contributed by atoms with Gasteiger partial charge in [0.2, 0.25) is 0 Å². The van der Waals surface area contributed by atoms with Gasteiger partial charge in [0.05, 0.1) is 17.7 Å². The minimum Gasteiger partial charge on any atom is -0.350 e. The summed E-state index contributed by atoms with van der Waals surface area (Å²) in [6.45, 7) is 4.18. The Balaban J connectivity index is 1.89. The van der Waals surface area contributed by atoms with Crippen molar-refractivity contribution in [1.29, 1.82) is 0 Å². The molecule has 0 aliphatic carbocycles. The van der Waals surface area contributed by atoms with Gasteiger partial charge in [-0.2, -0.15) is 26.3 Å². The van der Waals surface area contributed by atoms with E-state index in [4.69, 9.17) is 16.3 Å². The smallest absolute Gasteiger partial charge is 0.350 e. The van der Waals surface area contributed by atoms with Crippen molar-refractivity contribution in [2.45, 2.75) is 57.9 Å². The van der Waals surface area contributed by atoms with E-state index >= 15 is 0 Å². The maximum absolute atomic E-state index is 13.4. The van der Waals surface area contributed by atoms with E-state index in [0.29, 0.717) is 36.6 Å². The van der Waals surface area contributed by atoms with Gasteiger partial charge in [-0.05, 0) is 67.0 Å². The van der Waals surface area contributed by atoms with Gasteiger partial charge in [0, 0.05) is 29.4 Å². The molecule has 214 valence electrons. The highest BCUT2D eigenvalue weighted by Gasteiger charge is 2.39. The summed E-state index contributed by atoms with van der Waals surface area (Å²) in [6.07, 6.45) is -9.04. The van der Waals surface area contributed by atoms with Crippen LogP contribution in [0.3, 0.4) is 0 Å². The third kappa shape index (κ3) is 8.94. The molecule has 1 amide bonds. The second kappa shape index (κ2) is 12.7. The topological polar surface area (TPSA) is 62.1 Å². The van der Waals surface area contributed by atoms with Crippen molar-refractivity contribution in [3.05, 3.63) is 69.7 Å². The zero-order chi connectivity index (χ0) is 29.0. The van der Waals surface area contributed by atoms with Gasteiger partial charge in [-0.25, -0.2) is 4.99 Å². The largest absolute Gasteiger partial charge is 0.416 e. The predicted octanol–water partition coefficient (Wildman–Crippen LogP) is 6.86. The predicted molar refractivity (Wildman–Crippen MR) is 134 cm³/mol. The van der Waals surface area contributed by atoms with Crippen LogP contribution >= 0.6 is 11.6 Å². The SMILES string of the molecule is CC(C)COC(O)N=CC1CCN(C(=O)c2cc(C(F)(F)F)cc(C(F)(F)F)c2)[C@H](Cc2ccc(Cl)cc2)C1. The molecule has 1 heterocycles. The molecule has 0 saturated carbocycles. The Morgan fingerprint density at radius 3 is 2.23 bits per heavy atom. The Kier molecular flexibility index (Phi) is 10.1. The highest BCUT2D eigenvalue weighted by molar-refractivity contribution is 6.30. The molecule has 2 aromatic carbocycles. The molecule has 3 rings (SSSR count). The molecular weight excluding hydrogens is 550 g/mol. The molecular formula is C27H29ClF6N2O3. The lowest BCUT2D eigenvalue weighted by molar-refractivity contribution is -0.143. The molecule has 1 N–H and O–H groups in total. The Morgan fingerprint density at radius 2 is 1.69 bits per heavy atom. The first-order valence-corrected chi connectivity index (χ1v) is 12.7. The number of alkyl halides is 6. The first-order chi connectivity index (χ1) is 18.1. The first-order valence-electron chi connectivity index (χ1n) is 12.3. The summed E-state index contributed by atoms with van der Waals surface area (Å²) in [5, 5.41) is 10.4. The number of rotatable bonds is 8. The van der Waals surface area contributed by atoms with Gasteiger partial charge in [-0.3, -0.25) is 4.79 Å². The van der Waals surface area contributed by atoms with Gasteiger partial charge < -0.3 is 14.7 Å². The van der Waals surface area contributed by atoms with Crippen LogP contribution < -0.4 is 0 Å². The second-order valence-corrected chi connectivity index (χ2v) is 10.4. The van der Waals surface area contributed by atoms with Gasteiger partial charge in [0.1, 0.15) is 0 Å². The van der Waals surface area contributed by atoms with Crippen LogP contribution in [0.25, 0.3) is 0 Å². The number of aliphatic hydroxyl groups is 1. The number of piperidine rings is 1. The van der Waals surface area contributed by atoms with E-state index in [9.17, 15) is 36.2 Å². The van der Waals surface area contributed by atoms with E-state index < -0.39 is 47.4 Å². The number of carbonyl (C=O) groups excluding carboxylic acids is 1. The van der Waals surface area contributed by atoms with Gasteiger partial charge in [-0.1, -0.05) is 37.6 Å². The number of ether oxygens (including phenoxy) is 1. The fourth-order valence-corrected chi connectivity index (χ4v) is 4.46. The zero-order valence-corrected chi connectivity index (χ0v) is 22.0. The van der Waals surface area contributed by atoms with E-state index in [-0.39, 0.29) is 30.9 Å². The number of aliphatic imine (C=N–C) groups is 1. The van der Waals surface area contributed by atoms with Crippen LogP contribution in [0.2, 0.25) is 5.02 Å². The number of aliphatic hydroxyl groups excluding tert-OH is 1. The molecule has 1 fully saturated rings. The fraction of sp³-hybridized carbons (Fsp3) is 0.481. The lowest BCUT2D eigenvalue weighted by Gasteiger charge is -2.39. The van der Waals surface area contributed by atoms with Crippen LogP contribution in [0, 0.1) is 11.8 Å². The van der Waals surface area contributed by atoms with E-state index in [2.05, 4.69) is 4.99 Å². The van der Waals surface area contributed by atoms with Crippen LogP contribution in [-0.4, -0.2) is 47.7 Å². The molecule has 12 heteroatoms. The van der Waals surface area contributed by atoms with Crippen molar-refractivity contribution in [2.24, 2.45) is 16.8 Å². The van der Waals surface area contributed by atoms with Gasteiger partial charge in [0.25, 0.3) is 12.3 Å². The normalized spacial score (nSPS) is 19.6. The summed E-state index contributed by atoms with van der Waals surface area (Å²) < 4.78 is 85.6. The van der Waals surface area contributed by atoms with Crippen molar-refractivity contribution in [1.82, 2.24) is 4.90 Å². The van der Waals surface area contributed by atoms with Gasteiger partial charge in [0.15, 0.2) is 0 Å². The third-order valence-electron chi connectivity index (χ3n) is 6.24. The summed E-state index contributed by atoms with van der Waals surface area (Å²) in [5.41, 5.74) is -3.01. The lowest BCUT2D eigenvalue weighted by atomic mass is 9.87. The van der Waals surface area contributed by atoms with Crippen molar-refractivity contribution in [2.75, 3.05) is 13.2 Å². The molecule has 0 spiro atoms. The molecule has 0 radical (unpaired) electrons. The third-order valence-corrected chi connectivity index (χ3v) is 6.49. The molecule has 3 atom stereocenters. The quantitative estimate of drug-likeness (QED) is 0.211. The minimum atomic E-state index is -5.07. The van der Waals surface area contributed by atoms with E-state index in [1.54, 1.807) is 24.3 Å². The van der Waals surface area contributed by atoms with Crippen LogP contribution in [0.4, 0.5) is 26.3 Å². The van der Waals surface area contributed by atoms with Crippen LogP contribution in [0.5, 0.6) is 0 Å². The lowest BCUT2D eigenvalue weighted by Crippen LogP contribution is -2.47. The highest BCUT2D eigenvalue weighted by Crippen LogP contribution is 2.37. The number of likely N-dealkylation sites (tertiary alicyclic amines) is 1. The number of benzene rings is 2. The van der Waals surface area contributed by atoms with Crippen molar-refractivity contribution in [3.63, 3.8) is 0 Å². The number of nitrogens with zero attached hydrogens (tertiary/aromatic N) is 2. The Labute approximate surface area is 227 Å². The summed E-state index contributed by atoms with van der Waals surface area (Å²) in [5.74, 6) is -0.960. The highest BCUT2D eigenvalue weighted by atomic mass is 35.5. The van der Waals surface area contributed by atoms with Crippen molar-refractivity contribution < 1.29 is 41.0 Å². The number of halogens is 7. The van der Waals surface area contributed by atoms with Gasteiger partial charge in [-0.15, -0.1) is 0 Å². The zero-order valence-electron chi connectivity index (χ0n) is 21.3. The molecule has 39 heavy (non-hydrogen) atoms. The average Bonchev–Trinajstić information content (AvgIpc) is 2.86. The van der Waals surface area contributed by atoms with Crippen LogP contribution in [0.15, 0.2) is 47.5 Å². The Hall–Kier alpha value is -2.63. The standard InChI is InChI=1S/C27H29ClF6N2O3/c1-16(2)15-39-25(38)35-14-18-7-8-36(23(10-18)9-17-3-5-22(28)6-4-17)24(37)19-11-20(26(29,30)31)13-21(12-19)27(32,33)34/h3-6,11-14,16,18,23,25,38H,7-10,15H2,1-2H3/t18?,23-,25?/m1/s1. The van der Waals surface area contributed by atoms with Crippen LogP contribution in [0.1, 0.15) is 53.7 Å². The second-order valence-electron chi connectivity index (χ2n) is 9.91. The minimum absolute atomic E-state index is 0.00264. The number of hydrogen-bond donors (Lipinski definition) is 1. The first kappa shape index (κ1) is 30.9. The van der Waals surface area contributed by atoms with Crippen LogP contribution in [-0.2, 0) is 23.5 Å². The molecule has 2 aromatic rings. The van der Waals surface area contributed by atoms with Crippen molar-refractivity contribution >= 4 is 23.7 Å². The average molecular weight is 579 g/mol. The van der Waals surface area contributed by atoms with Gasteiger partial charge >= 0.3 is 12.4 Å². The summed E-state index contributed by atoms with van der Waals surface area (Å²) in [4.78, 5) is 18.7. The molecule has 5 nitrogen and oxygen atoms in total. The number of hydrogen-bond acceptors (Lipinski definition) is 4. The molecule has 2 unspecified atom stereocenters. The monoisotopic (exact) mass is 578 g/mol. The number of amides is 1. The maximum Gasteiger partial charge on any atom is 0.416 e. The molecule has 0 bridgehead atoms.